The van der Waals surface area contributed by atoms with Crippen LogP contribution in [0, 0.1) is 11.3 Å². The summed E-state index contributed by atoms with van der Waals surface area (Å²) < 4.78 is 0. The number of carbonyl (C=O) groups is 1. The number of nitrogens with zero attached hydrogens (tertiary/aromatic N) is 1. The molecule has 2 heterocycles. The average molecular weight is 458 g/mol. The number of nitrogens with one attached hydrogen (secondary N) is 2. The van der Waals surface area contributed by atoms with Crippen molar-refractivity contribution in [2.24, 2.45) is 11.3 Å². The van der Waals surface area contributed by atoms with Crippen molar-refractivity contribution in [1.29, 1.82) is 0 Å². The van der Waals surface area contributed by atoms with Gasteiger partial charge in [0.15, 0.2) is 0 Å². The summed E-state index contributed by atoms with van der Waals surface area (Å²) in [6, 6.07) is 7.44. The number of benzene rings is 1. The Morgan fingerprint density at radius 1 is 1.32 bits per heavy atom. The molecule has 0 spiro atoms. The van der Waals surface area contributed by atoms with Crippen molar-refractivity contribution in [3.63, 3.8) is 0 Å². The number of hydrogen-bond acceptors (Lipinski definition) is 4. The molecule has 2 N–H and O–H groups in total. The second kappa shape index (κ2) is 8.75. The van der Waals surface area contributed by atoms with E-state index in [9.17, 15) is 9.59 Å². The SMILES string of the molecule is CC(C)(C)[C@@H]1CCc2c(sc3nc(CCC(=O)NCc4ccccc4Cl)[nH]c(=O)c23)C1. The van der Waals surface area contributed by atoms with E-state index in [0.29, 0.717) is 29.7 Å². The highest BCUT2D eigenvalue weighted by molar-refractivity contribution is 7.18. The van der Waals surface area contributed by atoms with Crippen molar-refractivity contribution in [3.8, 4) is 0 Å². The number of amides is 1. The summed E-state index contributed by atoms with van der Waals surface area (Å²) in [5.74, 6) is 1.09. The van der Waals surface area contributed by atoms with Crippen LogP contribution in [0.1, 0.15) is 55.4 Å². The van der Waals surface area contributed by atoms with E-state index < -0.39 is 0 Å². The lowest BCUT2D eigenvalue weighted by Crippen LogP contribution is -2.26. The summed E-state index contributed by atoms with van der Waals surface area (Å²) in [6.07, 6.45) is 3.71. The van der Waals surface area contributed by atoms with E-state index in [-0.39, 0.29) is 23.3 Å². The molecule has 0 saturated carbocycles. The number of aryl methyl sites for hydroxylation is 2. The standard InChI is InChI=1S/C24H28ClN3O2S/c1-24(2,3)15-8-9-16-18(12-15)31-23-21(16)22(30)27-19(28-23)10-11-20(29)26-13-14-6-4-5-7-17(14)25/h4-7,15H,8-13H2,1-3H3,(H,26,29)(H,27,28,30)/t15-/m1/s1. The lowest BCUT2D eigenvalue weighted by atomic mass is 9.72. The zero-order chi connectivity index (χ0) is 22.2. The van der Waals surface area contributed by atoms with Gasteiger partial charge in [-0.15, -0.1) is 11.3 Å². The highest BCUT2D eigenvalue weighted by Gasteiger charge is 2.31. The molecule has 0 unspecified atom stereocenters. The Labute approximate surface area is 191 Å². The smallest absolute Gasteiger partial charge is 0.259 e. The third-order valence-electron chi connectivity index (χ3n) is 6.22. The fraction of sp³-hybridized carbons (Fsp3) is 0.458. The number of aromatic nitrogens is 2. The van der Waals surface area contributed by atoms with Gasteiger partial charge in [0.1, 0.15) is 10.7 Å². The molecule has 0 bridgehead atoms. The number of rotatable bonds is 5. The summed E-state index contributed by atoms with van der Waals surface area (Å²) in [7, 11) is 0. The molecule has 1 atom stereocenters. The second-order valence-electron chi connectivity index (χ2n) is 9.37. The van der Waals surface area contributed by atoms with E-state index in [4.69, 9.17) is 16.6 Å². The number of halogens is 1. The minimum absolute atomic E-state index is 0.0804. The molecule has 5 nitrogen and oxygen atoms in total. The van der Waals surface area contributed by atoms with Crippen molar-refractivity contribution >= 4 is 39.1 Å². The van der Waals surface area contributed by atoms with Crippen LogP contribution in [0.25, 0.3) is 10.2 Å². The van der Waals surface area contributed by atoms with Gasteiger partial charge >= 0.3 is 0 Å². The van der Waals surface area contributed by atoms with Gasteiger partial charge in [-0.25, -0.2) is 4.98 Å². The number of aromatic amines is 1. The van der Waals surface area contributed by atoms with Gasteiger partial charge in [-0.2, -0.15) is 0 Å². The first-order valence-corrected chi connectivity index (χ1v) is 12.0. The molecule has 3 aromatic rings. The van der Waals surface area contributed by atoms with Gasteiger partial charge in [-0.3, -0.25) is 9.59 Å². The molecule has 1 aromatic carbocycles. The maximum Gasteiger partial charge on any atom is 0.259 e. The Bertz CT molecular complexity index is 1180. The molecule has 0 fully saturated rings. The molecular formula is C24H28ClN3O2S. The molecular weight excluding hydrogens is 430 g/mol. The average Bonchev–Trinajstić information content (AvgIpc) is 3.09. The lowest BCUT2D eigenvalue weighted by molar-refractivity contribution is -0.121. The van der Waals surface area contributed by atoms with Crippen LogP contribution in [0.4, 0.5) is 0 Å². The van der Waals surface area contributed by atoms with E-state index in [0.717, 1.165) is 35.0 Å². The molecule has 0 saturated heterocycles. The van der Waals surface area contributed by atoms with Gasteiger partial charge in [-0.05, 0) is 47.8 Å². The fourth-order valence-corrected chi connectivity index (χ4v) is 5.76. The van der Waals surface area contributed by atoms with Crippen molar-refractivity contribution < 1.29 is 4.79 Å². The molecule has 31 heavy (non-hydrogen) atoms. The molecule has 4 rings (SSSR count). The van der Waals surface area contributed by atoms with Gasteiger partial charge in [0, 0.05) is 29.3 Å². The van der Waals surface area contributed by atoms with Crippen LogP contribution in [0.3, 0.4) is 0 Å². The molecule has 0 aliphatic heterocycles. The van der Waals surface area contributed by atoms with Crippen molar-refractivity contribution in [2.45, 2.75) is 59.4 Å². The Hall–Kier alpha value is -2.18. The Balaban J connectivity index is 1.44. The predicted octanol–water partition coefficient (Wildman–Crippen LogP) is 5.04. The summed E-state index contributed by atoms with van der Waals surface area (Å²) in [6.45, 7) is 7.25. The zero-order valence-corrected chi connectivity index (χ0v) is 19.8. The Kier molecular flexibility index (Phi) is 6.22. The molecule has 0 radical (unpaired) electrons. The number of fused-ring (bicyclic) bond motifs is 3. The third kappa shape index (κ3) is 4.85. The first-order valence-electron chi connectivity index (χ1n) is 10.8. The third-order valence-corrected chi connectivity index (χ3v) is 7.73. The number of carbonyl (C=O) groups excluding carboxylic acids is 1. The molecule has 2 aromatic heterocycles. The number of hydrogen-bond donors (Lipinski definition) is 2. The van der Waals surface area contributed by atoms with Crippen LogP contribution in [0.5, 0.6) is 0 Å². The number of H-pyrrole nitrogens is 1. The monoisotopic (exact) mass is 457 g/mol. The minimum Gasteiger partial charge on any atom is -0.352 e. The first-order chi connectivity index (χ1) is 14.7. The quantitative estimate of drug-likeness (QED) is 0.563. The highest BCUT2D eigenvalue weighted by atomic mass is 35.5. The second-order valence-corrected chi connectivity index (χ2v) is 10.9. The highest BCUT2D eigenvalue weighted by Crippen LogP contribution is 2.41. The van der Waals surface area contributed by atoms with Crippen LogP contribution in [-0.2, 0) is 30.6 Å². The topological polar surface area (TPSA) is 74.8 Å². The van der Waals surface area contributed by atoms with Gasteiger partial charge in [-0.1, -0.05) is 50.6 Å². The van der Waals surface area contributed by atoms with E-state index in [2.05, 4.69) is 31.1 Å². The van der Waals surface area contributed by atoms with Gasteiger partial charge < -0.3 is 10.3 Å². The molecule has 1 aliphatic rings. The van der Waals surface area contributed by atoms with Crippen LogP contribution >= 0.6 is 22.9 Å². The van der Waals surface area contributed by atoms with Gasteiger partial charge in [0.25, 0.3) is 5.56 Å². The maximum absolute atomic E-state index is 12.8. The van der Waals surface area contributed by atoms with Crippen LogP contribution in [-0.4, -0.2) is 15.9 Å². The van der Waals surface area contributed by atoms with E-state index in [1.165, 1.54) is 10.4 Å². The molecule has 164 valence electrons. The Morgan fingerprint density at radius 3 is 2.84 bits per heavy atom. The van der Waals surface area contributed by atoms with Crippen LogP contribution in [0.2, 0.25) is 5.02 Å². The molecule has 1 aliphatic carbocycles. The number of thiophene rings is 1. The Morgan fingerprint density at radius 2 is 2.10 bits per heavy atom. The van der Waals surface area contributed by atoms with Crippen molar-refractivity contribution in [2.75, 3.05) is 0 Å². The zero-order valence-electron chi connectivity index (χ0n) is 18.2. The first kappa shape index (κ1) is 22.0. The summed E-state index contributed by atoms with van der Waals surface area (Å²) in [4.78, 5) is 34.8. The summed E-state index contributed by atoms with van der Waals surface area (Å²) >= 11 is 7.78. The predicted molar refractivity (Wildman–Crippen MR) is 127 cm³/mol. The van der Waals surface area contributed by atoms with Gasteiger partial charge in [0.2, 0.25) is 5.91 Å². The summed E-state index contributed by atoms with van der Waals surface area (Å²) in [5.41, 5.74) is 2.24. The van der Waals surface area contributed by atoms with Gasteiger partial charge in [0.05, 0.1) is 5.39 Å². The van der Waals surface area contributed by atoms with E-state index >= 15 is 0 Å². The normalized spacial score (nSPS) is 16.3. The molecule has 7 heteroatoms. The maximum atomic E-state index is 12.8. The van der Waals surface area contributed by atoms with Crippen LogP contribution < -0.4 is 10.9 Å². The van der Waals surface area contributed by atoms with Crippen LogP contribution in [0.15, 0.2) is 29.1 Å². The molecule has 1 amide bonds. The van der Waals surface area contributed by atoms with E-state index in [1.54, 1.807) is 17.4 Å². The largest absolute Gasteiger partial charge is 0.352 e. The fourth-order valence-electron chi connectivity index (χ4n) is 4.24. The lowest BCUT2D eigenvalue weighted by Gasteiger charge is -2.33. The van der Waals surface area contributed by atoms with Crippen molar-refractivity contribution in [3.05, 3.63) is 61.5 Å². The summed E-state index contributed by atoms with van der Waals surface area (Å²) in [5, 5.41) is 4.26. The van der Waals surface area contributed by atoms with Crippen molar-refractivity contribution in [1.82, 2.24) is 15.3 Å². The minimum atomic E-state index is -0.0961. The van der Waals surface area contributed by atoms with E-state index in [1.807, 2.05) is 18.2 Å².